The van der Waals surface area contributed by atoms with E-state index in [0.717, 1.165) is 5.56 Å². The zero-order valence-corrected chi connectivity index (χ0v) is 19.7. The fourth-order valence-electron chi connectivity index (χ4n) is 2.82. The number of carbonyl (C=O) groups excluding carboxylic acids is 2. The highest BCUT2D eigenvalue weighted by molar-refractivity contribution is 6.74. The average molecular weight is 433 g/mol. The summed E-state index contributed by atoms with van der Waals surface area (Å²) in [5.74, 6) is -1.43. The zero-order chi connectivity index (χ0) is 22.5. The molecule has 1 unspecified atom stereocenters. The molecule has 0 aromatic heterocycles. The molecule has 1 aliphatic rings. The first kappa shape index (κ1) is 23.9. The van der Waals surface area contributed by atoms with Gasteiger partial charge in [-0.3, -0.25) is 0 Å². The van der Waals surface area contributed by atoms with Gasteiger partial charge >= 0.3 is 11.9 Å². The molecule has 1 heterocycles. The lowest BCUT2D eigenvalue weighted by molar-refractivity contribution is -0.144. The van der Waals surface area contributed by atoms with Gasteiger partial charge in [0, 0.05) is 6.42 Å². The molecular weight excluding hydrogens is 400 g/mol. The van der Waals surface area contributed by atoms with Crippen LogP contribution in [0.5, 0.6) is 0 Å². The molecule has 6 nitrogen and oxygen atoms in total. The predicted molar refractivity (Wildman–Crippen MR) is 117 cm³/mol. The van der Waals surface area contributed by atoms with Crippen molar-refractivity contribution >= 4 is 20.3 Å². The monoisotopic (exact) mass is 432 g/mol. The average Bonchev–Trinajstić information content (AvgIpc) is 2.99. The molecule has 1 aromatic rings. The molecule has 1 aliphatic heterocycles. The Balaban J connectivity index is 2.23. The van der Waals surface area contributed by atoms with E-state index in [-0.39, 0.29) is 35.5 Å². The van der Waals surface area contributed by atoms with Crippen LogP contribution < -0.4 is 0 Å². The Morgan fingerprint density at radius 1 is 1.27 bits per heavy atom. The number of cyclic esters (lactones) is 1. The lowest BCUT2D eigenvalue weighted by atomic mass is 10.0. The lowest BCUT2D eigenvalue weighted by Crippen LogP contribution is -2.44. The molecule has 2 rings (SSSR count). The van der Waals surface area contributed by atoms with Gasteiger partial charge in [0.05, 0.1) is 13.2 Å². The largest absolute Gasteiger partial charge is 0.481 e. The minimum atomic E-state index is -2.09. The third-order valence-corrected chi connectivity index (χ3v) is 10.1. The van der Waals surface area contributed by atoms with Crippen LogP contribution in [-0.4, -0.2) is 39.6 Å². The number of methoxy groups -OCH3 is 1. The van der Waals surface area contributed by atoms with Crippen molar-refractivity contribution in [1.29, 1.82) is 0 Å². The number of hydrogen-bond donors (Lipinski definition) is 0. The molecule has 0 bridgehead atoms. The van der Waals surface area contributed by atoms with E-state index in [2.05, 4.69) is 40.4 Å². The molecule has 1 aromatic carbocycles. The Morgan fingerprint density at radius 3 is 2.43 bits per heavy atom. The smallest absolute Gasteiger partial charge is 0.374 e. The highest BCUT2D eigenvalue weighted by Crippen LogP contribution is 2.38. The lowest BCUT2D eigenvalue weighted by Gasteiger charge is -2.39. The molecule has 0 amide bonds. The summed E-state index contributed by atoms with van der Waals surface area (Å²) in [6, 6.07) is 9.38. The van der Waals surface area contributed by atoms with Gasteiger partial charge in [0.15, 0.2) is 8.32 Å². The SMILES string of the molecule is C=CC(C[C@H]1OC(=O)C(OCc2ccccc2)=C1C(=O)OC)O[Si](C)(C)C(C)(C)C. The molecule has 7 heteroatoms. The van der Waals surface area contributed by atoms with E-state index >= 15 is 0 Å². The Kier molecular flexibility index (Phi) is 7.66. The van der Waals surface area contributed by atoms with Gasteiger partial charge in [0.25, 0.3) is 0 Å². The fourth-order valence-corrected chi connectivity index (χ4v) is 4.13. The van der Waals surface area contributed by atoms with E-state index in [1.165, 1.54) is 7.11 Å². The molecule has 0 saturated carbocycles. The maximum atomic E-state index is 12.5. The van der Waals surface area contributed by atoms with E-state index in [1.807, 2.05) is 30.3 Å². The van der Waals surface area contributed by atoms with Gasteiger partial charge in [-0.2, -0.15) is 0 Å². The number of carbonyl (C=O) groups is 2. The molecule has 2 atom stereocenters. The second-order valence-electron chi connectivity index (χ2n) is 8.79. The van der Waals surface area contributed by atoms with Gasteiger partial charge in [0.2, 0.25) is 5.76 Å². The van der Waals surface area contributed by atoms with Gasteiger partial charge in [0.1, 0.15) is 18.3 Å². The first-order valence-corrected chi connectivity index (χ1v) is 12.9. The quantitative estimate of drug-likeness (QED) is 0.325. The van der Waals surface area contributed by atoms with E-state index in [4.69, 9.17) is 18.6 Å². The first-order valence-electron chi connectivity index (χ1n) is 10.0. The highest BCUT2D eigenvalue weighted by atomic mass is 28.4. The van der Waals surface area contributed by atoms with Gasteiger partial charge in [-0.15, -0.1) is 6.58 Å². The third-order valence-electron chi connectivity index (χ3n) is 5.59. The molecule has 0 fully saturated rings. The first-order chi connectivity index (χ1) is 14.0. The minimum Gasteiger partial charge on any atom is -0.481 e. The van der Waals surface area contributed by atoms with E-state index in [0.29, 0.717) is 0 Å². The summed E-state index contributed by atoms with van der Waals surface area (Å²) >= 11 is 0. The van der Waals surface area contributed by atoms with Crippen molar-refractivity contribution in [3.63, 3.8) is 0 Å². The van der Waals surface area contributed by atoms with Gasteiger partial charge in [-0.1, -0.05) is 57.2 Å². The number of rotatable bonds is 9. The summed E-state index contributed by atoms with van der Waals surface area (Å²) in [7, 11) is -0.822. The maximum Gasteiger partial charge on any atom is 0.374 e. The Hall–Kier alpha value is -2.38. The topological polar surface area (TPSA) is 71.1 Å². The Labute approximate surface area is 180 Å². The summed E-state index contributed by atoms with van der Waals surface area (Å²) in [4.78, 5) is 24.9. The van der Waals surface area contributed by atoms with Crippen molar-refractivity contribution in [3.05, 3.63) is 59.9 Å². The Bertz CT molecular complexity index is 807. The molecule has 0 N–H and O–H groups in total. The van der Waals surface area contributed by atoms with Crippen molar-refractivity contribution in [1.82, 2.24) is 0 Å². The number of ether oxygens (including phenoxy) is 3. The normalized spacial score (nSPS) is 18.1. The van der Waals surface area contributed by atoms with Crippen LogP contribution in [0.25, 0.3) is 0 Å². The molecule has 0 saturated heterocycles. The second-order valence-corrected chi connectivity index (χ2v) is 13.5. The zero-order valence-electron chi connectivity index (χ0n) is 18.7. The van der Waals surface area contributed by atoms with E-state index in [9.17, 15) is 9.59 Å². The van der Waals surface area contributed by atoms with Crippen molar-refractivity contribution in [2.45, 2.75) is 64.1 Å². The molecule has 0 radical (unpaired) electrons. The van der Waals surface area contributed by atoms with Crippen LogP contribution in [0.2, 0.25) is 18.1 Å². The summed E-state index contributed by atoms with van der Waals surface area (Å²) in [5.41, 5.74) is 0.958. The van der Waals surface area contributed by atoms with Crippen LogP contribution in [0.1, 0.15) is 32.8 Å². The van der Waals surface area contributed by atoms with Crippen LogP contribution in [-0.2, 0) is 34.8 Å². The van der Waals surface area contributed by atoms with Gasteiger partial charge in [-0.25, -0.2) is 9.59 Å². The fraction of sp³-hybridized carbons (Fsp3) is 0.478. The van der Waals surface area contributed by atoms with Crippen LogP contribution in [0.15, 0.2) is 54.3 Å². The number of benzene rings is 1. The molecule has 0 spiro atoms. The van der Waals surface area contributed by atoms with Crippen LogP contribution >= 0.6 is 0 Å². The van der Waals surface area contributed by atoms with Crippen molar-refractivity contribution in [2.75, 3.05) is 7.11 Å². The summed E-state index contributed by atoms with van der Waals surface area (Å²) in [5, 5.41) is 0.00554. The second kappa shape index (κ2) is 9.62. The van der Waals surface area contributed by atoms with Crippen molar-refractivity contribution in [3.8, 4) is 0 Å². The maximum absolute atomic E-state index is 12.5. The molecule has 164 valence electrons. The van der Waals surface area contributed by atoms with E-state index in [1.54, 1.807) is 6.08 Å². The third kappa shape index (κ3) is 5.61. The van der Waals surface area contributed by atoms with Crippen LogP contribution in [0, 0.1) is 0 Å². The van der Waals surface area contributed by atoms with Gasteiger partial charge < -0.3 is 18.6 Å². The summed E-state index contributed by atoms with van der Waals surface area (Å²) in [6.45, 7) is 14.7. The standard InChI is InChI=1S/C23H32O6Si/c1-8-17(29-30(6,7)23(2,3)4)14-18-19(21(24)26-5)20(22(25)28-18)27-15-16-12-10-9-11-13-16/h8-13,17-18H,1,14-15H2,2-7H3/t17?,18-/m1/s1. The van der Waals surface area contributed by atoms with Crippen molar-refractivity contribution < 1.29 is 28.2 Å². The van der Waals surface area contributed by atoms with Gasteiger partial charge in [-0.05, 0) is 23.7 Å². The Morgan fingerprint density at radius 2 is 1.90 bits per heavy atom. The van der Waals surface area contributed by atoms with E-state index < -0.39 is 26.4 Å². The molecular formula is C23H32O6Si. The molecule has 0 aliphatic carbocycles. The summed E-state index contributed by atoms with van der Waals surface area (Å²) in [6.07, 6.45) is 0.761. The molecule has 30 heavy (non-hydrogen) atoms. The van der Waals surface area contributed by atoms with Crippen molar-refractivity contribution in [2.24, 2.45) is 0 Å². The number of hydrogen-bond acceptors (Lipinski definition) is 6. The minimum absolute atomic E-state index is 0.00554. The predicted octanol–water partition coefficient (Wildman–Crippen LogP) is 4.52. The van der Waals surface area contributed by atoms with Crippen LogP contribution in [0.3, 0.4) is 0 Å². The number of esters is 2. The van der Waals surface area contributed by atoms with Crippen LogP contribution in [0.4, 0.5) is 0 Å². The summed E-state index contributed by atoms with van der Waals surface area (Å²) < 4.78 is 22.5. The highest BCUT2D eigenvalue weighted by Gasteiger charge is 2.44.